The first-order valence-corrected chi connectivity index (χ1v) is 4.53. The number of sulfonamides is 1. The summed E-state index contributed by atoms with van der Waals surface area (Å²) in [6.45, 7) is 0. The lowest BCUT2D eigenvalue weighted by atomic mass is 10.2. The third-order valence-electron chi connectivity index (χ3n) is 1.03. The van der Waals surface area contributed by atoms with Crippen LogP contribution in [0, 0.1) is 0 Å². The van der Waals surface area contributed by atoms with Crippen molar-refractivity contribution < 1.29 is 18.3 Å². The molecule has 0 aromatic carbocycles. The van der Waals surface area contributed by atoms with Crippen LogP contribution in [0.25, 0.3) is 0 Å². The summed E-state index contributed by atoms with van der Waals surface area (Å²) in [5, 5.41) is 12.8. The summed E-state index contributed by atoms with van der Waals surface area (Å²) in [4.78, 5) is 10.1. The molecule has 0 aliphatic heterocycles. The monoisotopic (exact) mass is 182 g/mol. The molecule has 66 valence electrons. The van der Waals surface area contributed by atoms with Gasteiger partial charge in [0.25, 0.3) is 0 Å². The average molecular weight is 182 g/mol. The van der Waals surface area contributed by atoms with Gasteiger partial charge in [-0.1, -0.05) is 0 Å². The fraction of sp³-hybridized carbons (Fsp3) is 0.750. The van der Waals surface area contributed by atoms with Gasteiger partial charge in [0.1, 0.15) is 6.04 Å². The average Bonchev–Trinajstić information content (AvgIpc) is 1.80. The summed E-state index contributed by atoms with van der Waals surface area (Å²) in [7, 11) is -3.60. The first kappa shape index (κ1) is 10.3. The summed E-state index contributed by atoms with van der Waals surface area (Å²) in [5.74, 6) is -1.63. The van der Waals surface area contributed by atoms with Crippen LogP contribution in [0.5, 0.6) is 0 Å². The quantitative estimate of drug-likeness (QED) is 0.467. The molecule has 5 N–H and O–H groups in total. The number of primary sulfonamides is 1. The van der Waals surface area contributed by atoms with E-state index in [4.69, 9.17) is 10.8 Å². The fourth-order valence-electron chi connectivity index (χ4n) is 0.415. The van der Waals surface area contributed by atoms with E-state index in [1.807, 2.05) is 0 Å². The van der Waals surface area contributed by atoms with E-state index in [1.54, 1.807) is 0 Å². The zero-order chi connectivity index (χ0) is 9.07. The van der Waals surface area contributed by atoms with Gasteiger partial charge in [-0.05, 0) is 6.42 Å². The smallest absolute Gasteiger partial charge is 0.320 e. The van der Waals surface area contributed by atoms with Crippen LogP contribution in [0.15, 0.2) is 0 Å². The zero-order valence-electron chi connectivity index (χ0n) is 5.73. The van der Waals surface area contributed by atoms with E-state index < -0.39 is 27.8 Å². The summed E-state index contributed by atoms with van der Waals surface area (Å²) >= 11 is 0. The van der Waals surface area contributed by atoms with Gasteiger partial charge in [-0.25, -0.2) is 13.6 Å². The lowest BCUT2D eigenvalue weighted by molar-refractivity contribution is -0.138. The molecule has 0 aromatic rings. The molecule has 11 heavy (non-hydrogen) atoms. The Balaban J connectivity index is 3.82. The van der Waals surface area contributed by atoms with E-state index in [0.717, 1.165) is 0 Å². The van der Waals surface area contributed by atoms with Gasteiger partial charge in [0.2, 0.25) is 10.0 Å². The van der Waals surface area contributed by atoms with E-state index in [9.17, 15) is 13.2 Å². The van der Waals surface area contributed by atoms with Gasteiger partial charge >= 0.3 is 5.97 Å². The minimum absolute atomic E-state index is 0.159. The number of carboxylic acid groups (broad SMARTS) is 1. The van der Waals surface area contributed by atoms with Crippen molar-refractivity contribution in [1.29, 1.82) is 0 Å². The van der Waals surface area contributed by atoms with Crippen LogP contribution in [0.3, 0.4) is 0 Å². The van der Waals surface area contributed by atoms with Crippen LogP contribution in [-0.4, -0.2) is 31.3 Å². The topological polar surface area (TPSA) is 123 Å². The molecule has 0 aliphatic carbocycles. The van der Waals surface area contributed by atoms with Crippen molar-refractivity contribution in [2.24, 2.45) is 10.9 Å². The third kappa shape index (κ3) is 5.77. The highest BCUT2D eigenvalue weighted by atomic mass is 32.2. The molecule has 0 heterocycles. The second-order valence-electron chi connectivity index (χ2n) is 2.10. The largest absolute Gasteiger partial charge is 0.480 e. The predicted octanol–water partition coefficient (Wildman–Crippen LogP) is -1.92. The third-order valence-corrected chi connectivity index (χ3v) is 1.84. The Kier molecular flexibility index (Phi) is 3.43. The maximum atomic E-state index is 10.3. The highest BCUT2D eigenvalue weighted by Crippen LogP contribution is 1.90. The van der Waals surface area contributed by atoms with Crippen LogP contribution in [0.4, 0.5) is 0 Å². The highest BCUT2D eigenvalue weighted by molar-refractivity contribution is 7.89. The number of aliphatic carboxylic acids is 1. The molecule has 0 aromatic heterocycles. The predicted molar refractivity (Wildman–Crippen MR) is 38.2 cm³/mol. The van der Waals surface area contributed by atoms with E-state index in [2.05, 4.69) is 5.14 Å². The summed E-state index contributed by atoms with van der Waals surface area (Å²) < 4.78 is 20.6. The molecule has 1 unspecified atom stereocenters. The number of hydrogen-bond acceptors (Lipinski definition) is 4. The van der Waals surface area contributed by atoms with Crippen molar-refractivity contribution in [2.75, 3.05) is 5.75 Å². The summed E-state index contributed by atoms with van der Waals surface area (Å²) in [5.41, 5.74) is 5.00. The molecule has 6 nitrogen and oxygen atoms in total. The van der Waals surface area contributed by atoms with Crippen LogP contribution in [0.1, 0.15) is 6.42 Å². The van der Waals surface area contributed by atoms with Crippen LogP contribution < -0.4 is 10.9 Å². The van der Waals surface area contributed by atoms with Crippen molar-refractivity contribution in [3.8, 4) is 0 Å². The minimum atomic E-state index is -3.60. The Morgan fingerprint density at radius 2 is 2.00 bits per heavy atom. The van der Waals surface area contributed by atoms with Crippen molar-refractivity contribution >= 4 is 16.0 Å². The van der Waals surface area contributed by atoms with Gasteiger partial charge in [0.15, 0.2) is 0 Å². The Bertz CT molecular complexity index is 234. The van der Waals surface area contributed by atoms with Gasteiger partial charge in [-0.15, -0.1) is 0 Å². The molecule has 0 aliphatic rings. The van der Waals surface area contributed by atoms with E-state index in [1.165, 1.54) is 0 Å². The fourth-order valence-corrected chi connectivity index (χ4v) is 0.997. The number of carbonyl (C=O) groups is 1. The first-order valence-electron chi connectivity index (χ1n) is 2.82. The van der Waals surface area contributed by atoms with Gasteiger partial charge in [0, 0.05) is 0 Å². The molecule has 0 bridgehead atoms. The molecule has 1 atom stereocenters. The van der Waals surface area contributed by atoms with Crippen molar-refractivity contribution in [1.82, 2.24) is 0 Å². The van der Waals surface area contributed by atoms with Gasteiger partial charge in [-0.2, -0.15) is 0 Å². The minimum Gasteiger partial charge on any atom is -0.480 e. The highest BCUT2D eigenvalue weighted by Gasteiger charge is 2.14. The molecule has 0 saturated heterocycles. The molecule has 0 spiro atoms. The standard InChI is InChI=1S/C4H10N2O4S/c5-3(4(7)8)1-2-11(6,9)10/h3H,1-2,5H2,(H,7,8)(H2,6,9,10). The Morgan fingerprint density at radius 1 is 1.55 bits per heavy atom. The number of hydrogen-bond donors (Lipinski definition) is 3. The summed E-state index contributed by atoms with van der Waals surface area (Å²) in [6, 6.07) is -1.16. The maximum Gasteiger partial charge on any atom is 0.320 e. The zero-order valence-corrected chi connectivity index (χ0v) is 6.54. The van der Waals surface area contributed by atoms with Gasteiger partial charge in [-0.3, -0.25) is 4.79 Å². The molecular weight excluding hydrogens is 172 g/mol. The van der Waals surface area contributed by atoms with Crippen LogP contribution >= 0.6 is 0 Å². The second kappa shape index (κ2) is 3.65. The Labute approximate surface area is 64.2 Å². The number of nitrogens with two attached hydrogens (primary N) is 2. The van der Waals surface area contributed by atoms with Crippen molar-refractivity contribution in [2.45, 2.75) is 12.5 Å². The summed E-state index contributed by atoms with van der Waals surface area (Å²) in [6.07, 6.45) is -0.159. The SMILES string of the molecule is NC(CCS(N)(=O)=O)C(=O)O. The molecule has 0 saturated carbocycles. The molecule has 0 amide bonds. The Morgan fingerprint density at radius 3 is 2.27 bits per heavy atom. The van der Waals surface area contributed by atoms with E-state index >= 15 is 0 Å². The number of carboxylic acids is 1. The van der Waals surface area contributed by atoms with E-state index in [0.29, 0.717) is 0 Å². The van der Waals surface area contributed by atoms with E-state index in [-0.39, 0.29) is 6.42 Å². The first-order chi connectivity index (χ1) is 4.83. The van der Waals surface area contributed by atoms with Gasteiger partial charge < -0.3 is 10.8 Å². The Hall–Kier alpha value is -0.660. The van der Waals surface area contributed by atoms with Crippen molar-refractivity contribution in [3.05, 3.63) is 0 Å². The molecular formula is C4H10N2O4S. The lowest BCUT2D eigenvalue weighted by Gasteiger charge is -2.03. The van der Waals surface area contributed by atoms with Crippen LogP contribution in [0.2, 0.25) is 0 Å². The number of rotatable bonds is 4. The van der Waals surface area contributed by atoms with Crippen LogP contribution in [-0.2, 0) is 14.8 Å². The molecule has 0 rings (SSSR count). The molecule has 7 heteroatoms. The molecule has 0 fully saturated rings. The van der Waals surface area contributed by atoms with Gasteiger partial charge in [0.05, 0.1) is 5.75 Å². The van der Waals surface area contributed by atoms with Crippen molar-refractivity contribution in [3.63, 3.8) is 0 Å². The normalized spacial score (nSPS) is 14.4. The second-order valence-corrected chi connectivity index (χ2v) is 3.83. The lowest BCUT2D eigenvalue weighted by Crippen LogP contribution is -2.33. The maximum absolute atomic E-state index is 10.3. The molecule has 0 radical (unpaired) electrons.